The lowest BCUT2D eigenvalue weighted by molar-refractivity contribution is -0.118. The maximum atomic E-state index is 14.5. The van der Waals surface area contributed by atoms with Gasteiger partial charge in [0.1, 0.15) is 28.6 Å². The normalized spacial score (nSPS) is 17.1. The number of piperazine rings is 1. The van der Waals surface area contributed by atoms with Crippen molar-refractivity contribution in [2.24, 2.45) is 0 Å². The minimum Gasteiger partial charge on any atom is -0.495 e. The standard InChI is InChI=1S/C15H21BrF2N2O3.ClH/c1-22-11-7-10(8-12(23-2)13(11)16)14(15(17,18)9-21)20-5-3-19-4-6-20;/h7-8,14,19,21H,3-6,9H2,1-2H3;1H/t14-;/m0./s1. The Morgan fingerprint density at radius 3 is 2.17 bits per heavy atom. The highest BCUT2D eigenvalue weighted by Crippen LogP contribution is 2.43. The van der Waals surface area contributed by atoms with Gasteiger partial charge in [-0.1, -0.05) is 0 Å². The lowest BCUT2D eigenvalue weighted by Crippen LogP contribution is -2.51. The maximum Gasteiger partial charge on any atom is 0.289 e. The number of rotatable bonds is 6. The van der Waals surface area contributed by atoms with Crippen LogP contribution in [0.15, 0.2) is 16.6 Å². The van der Waals surface area contributed by atoms with Gasteiger partial charge in [-0.25, -0.2) is 8.78 Å². The van der Waals surface area contributed by atoms with E-state index in [0.29, 0.717) is 47.7 Å². The summed E-state index contributed by atoms with van der Waals surface area (Å²) >= 11 is 3.34. The van der Waals surface area contributed by atoms with E-state index in [-0.39, 0.29) is 12.4 Å². The van der Waals surface area contributed by atoms with Crippen molar-refractivity contribution in [2.75, 3.05) is 47.0 Å². The Balaban J connectivity index is 0.00000288. The molecule has 1 heterocycles. The van der Waals surface area contributed by atoms with E-state index in [1.165, 1.54) is 14.2 Å². The molecule has 5 nitrogen and oxygen atoms in total. The summed E-state index contributed by atoms with van der Waals surface area (Å²) in [5.41, 5.74) is 0.350. The number of hydrogen-bond donors (Lipinski definition) is 2. The van der Waals surface area contributed by atoms with E-state index in [0.717, 1.165) is 0 Å². The Labute approximate surface area is 154 Å². The fourth-order valence-corrected chi connectivity index (χ4v) is 3.35. The van der Waals surface area contributed by atoms with Crippen molar-refractivity contribution < 1.29 is 23.4 Å². The van der Waals surface area contributed by atoms with Gasteiger partial charge in [-0.15, -0.1) is 12.4 Å². The lowest BCUT2D eigenvalue weighted by Gasteiger charge is -2.39. The van der Waals surface area contributed by atoms with Crippen LogP contribution >= 0.6 is 28.3 Å². The number of aliphatic hydroxyl groups is 1. The first kappa shape index (κ1) is 21.4. The first-order valence-corrected chi connectivity index (χ1v) is 8.08. The highest BCUT2D eigenvalue weighted by molar-refractivity contribution is 9.10. The summed E-state index contributed by atoms with van der Waals surface area (Å²) in [4.78, 5) is 1.68. The number of methoxy groups -OCH3 is 2. The summed E-state index contributed by atoms with van der Waals surface area (Å²) in [6.07, 6.45) is 0. The average Bonchev–Trinajstić information content (AvgIpc) is 2.57. The monoisotopic (exact) mass is 430 g/mol. The Bertz CT molecular complexity index is 520. The fourth-order valence-electron chi connectivity index (χ4n) is 2.80. The summed E-state index contributed by atoms with van der Waals surface area (Å²) < 4.78 is 40.0. The van der Waals surface area contributed by atoms with E-state index in [1.54, 1.807) is 17.0 Å². The van der Waals surface area contributed by atoms with Gasteiger partial charge in [0.2, 0.25) is 0 Å². The molecule has 0 spiro atoms. The van der Waals surface area contributed by atoms with Crippen LogP contribution < -0.4 is 14.8 Å². The fraction of sp³-hybridized carbons (Fsp3) is 0.600. The molecule has 1 aromatic carbocycles. The molecule has 1 aliphatic heterocycles. The van der Waals surface area contributed by atoms with Crippen LogP contribution in [-0.2, 0) is 0 Å². The summed E-state index contributed by atoms with van der Waals surface area (Å²) in [5.74, 6) is -2.46. The minimum absolute atomic E-state index is 0. The van der Waals surface area contributed by atoms with Crippen LogP contribution in [0, 0.1) is 0 Å². The zero-order valence-corrected chi connectivity index (χ0v) is 15.9. The van der Waals surface area contributed by atoms with E-state index in [2.05, 4.69) is 21.2 Å². The number of alkyl halides is 2. The lowest BCUT2D eigenvalue weighted by atomic mass is 9.97. The molecule has 1 fully saturated rings. The van der Waals surface area contributed by atoms with Crippen molar-refractivity contribution in [1.82, 2.24) is 10.2 Å². The molecule has 1 saturated heterocycles. The van der Waals surface area contributed by atoms with Gasteiger partial charge in [0.25, 0.3) is 5.92 Å². The van der Waals surface area contributed by atoms with Crippen molar-refractivity contribution in [1.29, 1.82) is 0 Å². The molecular weight excluding hydrogens is 410 g/mol. The molecule has 0 aromatic heterocycles. The first-order valence-electron chi connectivity index (χ1n) is 7.29. The molecule has 1 aromatic rings. The van der Waals surface area contributed by atoms with Crippen LogP contribution in [0.1, 0.15) is 11.6 Å². The van der Waals surface area contributed by atoms with Crippen molar-refractivity contribution >= 4 is 28.3 Å². The van der Waals surface area contributed by atoms with E-state index in [1.807, 2.05) is 0 Å². The van der Waals surface area contributed by atoms with Gasteiger partial charge in [0.05, 0.1) is 14.2 Å². The Morgan fingerprint density at radius 1 is 1.25 bits per heavy atom. The second-order valence-electron chi connectivity index (χ2n) is 5.35. The number of aliphatic hydroxyl groups excluding tert-OH is 1. The van der Waals surface area contributed by atoms with Gasteiger partial charge in [-0.2, -0.15) is 0 Å². The zero-order chi connectivity index (χ0) is 17.0. The summed E-state index contributed by atoms with van der Waals surface area (Å²) in [5, 5.41) is 12.3. The molecule has 2 rings (SSSR count). The van der Waals surface area contributed by atoms with Crippen LogP contribution in [0.2, 0.25) is 0 Å². The van der Waals surface area contributed by atoms with E-state index >= 15 is 0 Å². The number of nitrogens with zero attached hydrogens (tertiary/aromatic N) is 1. The molecule has 0 unspecified atom stereocenters. The van der Waals surface area contributed by atoms with Crippen molar-refractivity contribution in [3.05, 3.63) is 22.2 Å². The molecule has 1 atom stereocenters. The molecule has 0 aliphatic carbocycles. The zero-order valence-electron chi connectivity index (χ0n) is 13.5. The molecule has 0 bridgehead atoms. The first-order chi connectivity index (χ1) is 10.9. The van der Waals surface area contributed by atoms with Crippen LogP contribution in [-0.4, -0.2) is 62.9 Å². The van der Waals surface area contributed by atoms with Crippen LogP contribution in [0.5, 0.6) is 11.5 Å². The molecule has 9 heteroatoms. The van der Waals surface area contributed by atoms with Gasteiger partial charge >= 0.3 is 0 Å². The highest BCUT2D eigenvalue weighted by atomic mass is 79.9. The molecule has 24 heavy (non-hydrogen) atoms. The van der Waals surface area contributed by atoms with E-state index < -0.39 is 18.6 Å². The third kappa shape index (κ3) is 4.49. The quantitative estimate of drug-likeness (QED) is 0.725. The largest absolute Gasteiger partial charge is 0.495 e. The summed E-state index contributed by atoms with van der Waals surface area (Å²) in [6.45, 7) is 0.982. The number of halogens is 4. The molecule has 2 N–H and O–H groups in total. The third-order valence-electron chi connectivity index (χ3n) is 3.91. The van der Waals surface area contributed by atoms with Gasteiger partial charge < -0.3 is 19.9 Å². The van der Waals surface area contributed by atoms with E-state index in [9.17, 15) is 13.9 Å². The van der Waals surface area contributed by atoms with Gasteiger partial charge in [-0.05, 0) is 33.6 Å². The van der Waals surface area contributed by atoms with Crippen molar-refractivity contribution in [3.8, 4) is 11.5 Å². The van der Waals surface area contributed by atoms with E-state index in [4.69, 9.17) is 9.47 Å². The SMILES string of the molecule is COc1cc([C@H](N2CCNCC2)C(F)(F)CO)cc(OC)c1Br.Cl. The molecule has 0 amide bonds. The number of hydrogen-bond acceptors (Lipinski definition) is 5. The van der Waals surface area contributed by atoms with Crippen molar-refractivity contribution in [3.63, 3.8) is 0 Å². The summed E-state index contributed by atoms with van der Waals surface area (Å²) in [6, 6.07) is 1.87. The van der Waals surface area contributed by atoms with Gasteiger partial charge in [-0.3, -0.25) is 4.90 Å². The second-order valence-corrected chi connectivity index (χ2v) is 6.14. The predicted octanol–water partition coefficient (Wildman–Crippen LogP) is 2.46. The molecule has 138 valence electrons. The molecular formula is C15H22BrClF2N2O3. The number of ether oxygens (including phenoxy) is 2. The van der Waals surface area contributed by atoms with Crippen molar-refractivity contribution in [2.45, 2.75) is 12.0 Å². The Hall–Kier alpha value is -0.670. The molecule has 0 radical (unpaired) electrons. The minimum atomic E-state index is -3.28. The van der Waals surface area contributed by atoms with Gasteiger partial charge in [0.15, 0.2) is 0 Å². The molecule has 0 saturated carbocycles. The molecule has 1 aliphatic rings. The highest BCUT2D eigenvalue weighted by Gasteiger charge is 2.44. The maximum absolute atomic E-state index is 14.5. The number of nitrogens with one attached hydrogen (secondary N) is 1. The van der Waals surface area contributed by atoms with Gasteiger partial charge in [0, 0.05) is 26.2 Å². The Morgan fingerprint density at radius 2 is 1.75 bits per heavy atom. The average molecular weight is 432 g/mol. The second kappa shape index (κ2) is 9.15. The number of benzene rings is 1. The van der Waals surface area contributed by atoms with Crippen LogP contribution in [0.3, 0.4) is 0 Å². The predicted molar refractivity (Wildman–Crippen MR) is 93.7 cm³/mol. The Kier molecular flexibility index (Phi) is 8.14. The smallest absolute Gasteiger partial charge is 0.289 e. The summed E-state index contributed by atoms with van der Waals surface area (Å²) in [7, 11) is 2.93. The van der Waals surface area contributed by atoms with Crippen LogP contribution in [0.25, 0.3) is 0 Å². The topological polar surface area (TPSA) is 54.0 Å². The van der Waals surface area contributed by atoms with Crippen LogP contribution in [0.4, 0.5) is 8.78 Å². The third-order valence-corrected chi connectivity index (χ3v) is 4.69.